The highest BCUT2D eigenvalue weighted by molar-refractivity contribution is 6.11. The van der Waals surface area contributed by atoms with E-state index >= 15 is 0 Å². The number of nitrogens with two attached hydrogens (primary N) is 1. The third-order valence-corrected chi connectivity index (χ3v) is 4.57. The maximum absolute atomic E-state index is 12.5. The van der Waals surface area contributed by atoms with Gasteiger partial charge < -0.3 is 5.73 Å². The number of aromatic nitrogens is 3. The number of anilines is 1. The topological polar surface area (TPSA) is 73.8 Å². The largest absolute Gasteiger partial charge is 0.397 e. The number of ketones is 1. The van der Waals surface area contributed by atoms with Gasteiger partial charge in [-0.3, -0.25) is 4.79 Å². The van der Waals surface area contributed by atoms with Crippen LogP contribution >= 0.6 is 0 Å². The van der Waals surface area contributed by atoms with Crippen LogP contribution in [0.15, 0.2) is 6.20 Å². The minimum atomic E-state index is 0.0582. The van der Waals surface area contributed by atoms with Crippen molar-refractivity contribution in [1.82, 2.24) is 14.8 Å². The molecule has 118 valence electrons. The Kier molecular flexibility index (Phi) is 4.14. The molecule has 1 aliphatic rings. The molecule has 2 aromatic heterocycles. The first kappa shape index (κ1) is 15.0. The Hall–Kier alpha value is -1.91. The number of carbonyl (C=O) groups excluding carboxylic acids is 1. The molecule has 1 aliphatic carbocycles. The summed E-state index contributed by atoms with van der Waals surface area (Å²) < 4.78 is 1.93. The molecular formula is C17H24N4O. The summed E-state index contributed by atoms with van der Waals surface area (Å²) in [6.07, 6.45) is 7.84. The van der Waals surface area contributed by atoms with Gasteiger partial charge in [-0.15, -0.1) is 0 Å². The van der Waals surface area contributed by atoms with E-state index in [2.05, 4.69) is 18.9 Å². The molecule has 5 nitrogen and oxygen atoms in total. The Labute approximate surface area is 130 Å². The fourth-order valence-electron chi connectivity index (χ4n) is 3.37. The Morgan fingerprint density at radius 2 is 2.14 bits per heavy atom. The van der Waals surface area contributed by atoms with Gasteiger partial charge >= 0.3 is 0 Å². The highest BCUT2D eigenvalue weighted by Gasteiger charge is 2.34. The molecule has 0 radical (unpaired) electrons. The van der Waals surface area contributed by atoms with E-state index in [9.17, 15) is 4.79 Å². The molecule has 0 fully saturated rings. The number of rotatable bonds is 6. The van der Waals surface area contributed by atoms with Gasteiger partial charge in [0, 0.05) is 18.9 Å². The van der Waals surface area contributed by atoms with E-state index in [1.165, 1.54) is 12.8 Å². The van der Waals surface area contributed by atoms with Gasteiger partial charge in [0.15, 0.2) is 11.4 Å². The van der Waals surface area contributed by atoms with E-state index < -0.39 is 0 Å². The molecule has 0 saturated heterocycles. The summed E-state index contributed by atoms with van der Waals surface area (Å²) in [5.41, 5.74) is 9.20. The first-order valence-electron chi connectivity index (χ1n) is 8.35. The van der Waals surface area contributed by atoms with Gasteiger partial charge in [0.1, 0.15) is 0 Å². The standard InChI is InChI=1S/C17H24N4O/c1-3-5-6-8-21-17-12(10-19-21)15(18)14-13(20-17)9-11(7-4-2)16(14)22/h10-11H,3-9H2,1-2H3,(H2,18,20). The maximum Gasteiger partial charge on any atom is 0.170 e. The van der Waals surface area contributed by atoms with E-state index in [-0.39, 0.29) is 11.7 Å². The predicted molar refractivity (Wildman–Crippen MR) is 87.9 cm³/mol. The number of Topliss-reactive ketones (excluding diaryl/α,β-unsaturated/α-hetero) is 1. The van der Waals surface area contributed by atoms with Crippen LogP contribution in [0.5, 0.6) is 0 Å². The molecule has 2 aromatic rings. The third kappa shape index (κ3) is 2.38. The van der Waals surface area contributed by atoms with E-state index in [0.717, 1.165) is 49.0 Å². The molecule has 0 amide bonds. The Morgan fingerprint density at radius 1 is 1.32 bits per heavy atom. The second-order valence-electron chi connectivity index (χ2n) is 6.21. The Morgan fingerprint density at radius 3 is 2.86 bits per heavy atom. The molecule has 1 atom stereocenters. The second kappa shape index (κ2) is 6.07. The van der Waals surface area contributed by atoms with Crippen molar-refractivity contribution >= 4 is 22.5 Å². The molecule has 2 heterocycles. The Balaban J connectivity index is 1.98. The first-order chi connectivity index (χ1) is 10.7. The van der Waals surface area contributed by atoms with Crippen molar-refractivity contribution in [2.45, 2.75) is 58.9 Å². The molecule has 22 heavy (non-hydrogen) atoms. The van der Waals surface area contributed by atoms with Crippen LogP contribution < -0.4 is 5.73 Å². The smallest absolute Gasteiger partial charge is 0.170 e. The van der Waals surface area contributed by atoms with E-state index in [0.29, 0.717) is 11.3 Å². The van der Waals surface area contributed by atoms with Gasteiger partial charge in [-0.1, -0.05) is 33.1 Å². The van der Waals surface area contributed by atoms with Crippen molar-refractivity contribution in [3.05, 3.63) is 17.5 Å². The zero-order chi connectivity index (χ0) is 15.7. The van der Waals surface area contributed by atoms with E-state index in [4.69, 9.17) is 10.7 Å². The van der Waals surface area contributed by atoms with Gasteiger partial charge in [-0.25, -0.2) is 9.67 Å². The molecule has 0 spiro atoms. The second-order valence-corrected chi connectivity index (χ2v) is 6.21. The summed E-state index contributed by atoms with van der Waals surface area (Å²) in [7, 11) is 0. The van der Waals surface area contributed by atoms with Crippen LogP contribution in [0.1, 0.15) is 62.0 Å². The average Bonchev–Trinajstić information content (AvgIpc) is 3.03. The monoisotopic (exact) mass is 300 g/mol. The minimum absolute atomic E-state index is 0.0582. The number of hydrogen-bond acceptors (Lipinski definition) is 4. The zero-order valence-corrected chi connectivity index (χ0v) is 13.4. The van der Waals surface area contributed by atoms with Crippen LogP contribution in [-0.2, 0) is 13.0 Å². The molecule has 2 N–H and O–H groups in total. The SMILES string of the molecule is CCCCCn1ncc2c(N)c3c(nc21)CC(CCC)C3=O. The summed E-state index contributed by atoms with van der Waals surface area (Å²) in [4.78, 5) is 17.3. The number of unbranched alkanes of at least 4 members (excludes halogenated alkanes) is 2. The van der Waals surface area contributed by atoms with Crippen molar-refractivity contribution in [3.8, 4) is 0 Å². The summed E-state index contributed by atoms with van der Waals surface area (Å²) in [6.45, 7) is 5.15. The zero-order valence-electron chi connectivity index (χ0n) is 13.4. The summed E-state index contributed by atoms with van der Waals surface area (Å²) in [5.74, 6) is 0.227. The lowest BCUT2D eigenvalue weighted by molar-refractivity contribution is 0.0931. The minimum Gasteiger partial charge on any atom is -0.397 e. The van der Waals surface area contributed by atoms with Gasteiger partial charge in [0.2, 0.25) is 0 Å². The van der Waals surface area contributed by atoms with Gasteiger partial charge in [0.05, 0.1) is 28.5 Å². The number of aryl methyl sites for hydroxylation is 1. The highest BCUT2D eigenvalue weighted by atomic mass is 16.1. The highest BCUT2D eigenvalue weighted by Crippen LogP contribution is 2.36. The maximum atomic E-state index is 12.5. The van der Waals surface area contributed by atoms with Crippen LogP contribution in [0, 0.1) is 5.92 Å². The fourth-order valence-corrected chi connectivity index (χ4v) is 3.37. The van der Waals surface area contributed by atoms with E-state index in [1.807, 2.05) is 4.68 Å². The number of pyridine rings is 1. The predicted octanol–water partition coefficient (Wildman–Crippen LogP) is 3.36. The molecule has 1 unspecified atom stereocenters. The molecule has 0 aromatic carbocycles. The number of carbonyl (C=O) groups is 1. The molecule has 0 bridgehead atoms. The van der Waals surface area contributed by atoms with Gasteiger partial charge in [-0.05, 0) is 12.8 Å². The lowest BCUT2D eigenvalue weighted by Crippen LogP contribution is -2.09. The van der Waals surface area contributed by atoms with Crippen LogP contribution in [-0.4, -0.2) is 20.5 Å². The van der Waals surface area contributed by atoms with Crippen molar-refractivity contribution < 1.29 is 4.79 Å². The van der Waals surface area contributed by atoms with Crippen LogP contribution in [0.25, 0.3) is 11.0 Å². The lowest BCUT2D eigenvalue weighted by atomic mass is 9.99. The van der Waals surface area contributed by atoms with Crippen molar-refractivity contribution in [1.29, 1.82) is 0 Å². The van der Waals surface area contributed by atoms with Crippen molar-refractivity contribution in [2.75, 3.05) is 5.73 Å². The van der Waals surface area contributed by atoms with Crippen molar-refractivity contribution in [2.24, 2.45) is 5.92 Å². The number of hydrogen-bond donors (Lipinski definition) is 1. The molecular weight excluding hydrogens is 276 g/mol. The quantitative estimate of drug-likeness (QED) is 0.830. The van der Waals surface area contributed by atoms with Gasteiger partial charge in [0.25, 0.3) is 0 Å². The number of fused-ring (bicyclic) bond motifs is 2. The van der Waals surface area contributed by atoms with Crippen LogP contribution in [0.4, 0.5) is 5.69 Å². The van der Waals surface area contributed by atoms with Gasteiger partial charge in [-0.2, -0.15) is 5.10 Å². The Bertz CT molecular complexity index is 704. The lowest BCUT2D eigenvalue weighted by Gasteiger charge is -2.06. The first-order valence-corrected chi connectivity index (χ1v) is 8.35. The third-order valence-electron chi connectivity index (χ3n) is 4.57. The summed E-state index contributed by atoms with van der Waals surface area (Å²) in [5, 5.41) is 5.23. The molecule has 0 aliphatic heterocycles. The summed E-state index contributed by atoms with van der Waals surface area (Å²) >= 11 is 0. The number of nitrogens with zero attached hydrogens (tertiary/aromatic N) is 3. The molecule has 3 rings (SSSR count). The fraction of sp³-hybridized carbons (Fsp3) is 0.588. The van der Waals surface area contributed by atoms with E-state index in [1.54, 1.807) is 6.20 Å². The van der Waals surface area contributed by atoms with Crippen molar-refractivity contribution in [3.63, 3.8) is 0 Å². The average molecular weight is 300 g/mol. The normalized spacial score (nSPS) is 17.4. The number of nitrogen functional groups attached to an aromatic ring is 1. The van der Waals surface area contributed by atoms with Crippen LogP contribution in [0.2, 0.25) is 0 Å². The summed E-state index contributed by atoms with van der Waals surface area (Å²) in [6, 6.07) is 0. The molecule has 5 heteroatoms. The molecule has 0 saturated carbocycles. The van der Waals surface area contributed by atoms with Crippen LogP contribution in [0.3, 0.4) is 0 Å².